The third-order valence-electron chi connectivity index (χ3n) is 5.59. The predicted molar refractivity (Wildman–Crippen MR) is 123 cm³/mol. The van der Waals surface area contributed by atoms with Crippen LogP contribution in [-0.4, -0.2) is 54.4 Å². The molecule has 1 aliphatic rings. The summed E-state index contributed by atoms with van der Waals surface area (Å²) >= 11 is 3.21. The highest BCUT2D eigenvalue weighted by Crippen LogP contribution is 2.34. The zero-order valence-electron chi connectivity index (χ0n) is 17.1. The average Bonchev–Trinajstić information content (AvgIpc) is 3.41. The van der Waals surface area contributed by atoms with E-state index >= 15 is 0 Å². The lowest BCUT2D eigenvalue weighted by Gasteiger charge is -2.31. The maximum absolute atomic E-state index is 12.8. The molecule has 4 aromatic rings. The summed E-state index contributed by atoms with van der Waals surface area (Å²) in [6.45, 7) is 1.56. The summed E-state index contributed by atoms with van der Waals surface area (Å²) in [6, 6.07) is 12.1. The highest BCUT2D eigenvalue weighted by atomic mass is 32.2. The predicted octanol–water partition coefficient (Wildman–Crippen LogP) is 3.99. The van der Waals surface area contributed by atoms with Gasteiger partial charge in [-0.15, -0.1) is 21.5 Å². The van der Waals surface area contributed by atoms with Gasteiger partial charge in [0.2, 0.25) is 5.91 Å². The molecule has 1 saturated heterocycles. The summed E-state index contributed by atoms with van der Waals surface area (Å²) < 4.78 is 3.15. The van der Waals surface area contributed by atoms with Gasteiger partial charge in [-0.2, -0.15) is 0 Å². The first-order valence-corrected chi connectivity index (χ1v) is 12.0. The monoisotopic (exact) mass is 450 g/mol. The molecule has 31 heavy (non-hydrogen) atoms. The van der Waals surface area contributed by atoms with Crippen molar-refractivity contribution in [1.29, 1.82) is 0 Å². The minimum absolute atomic E-state index is 0.152. The normalized spacial score (nSPS) is 14.9. The fraction of sp³-hybridized carbons (Fsp3) is 0.318. The highest BCUT2D eigenvalue weighted by Gasteiger charge is 2.26. The molecular formula is C22H22N6OS2. The topological polar surface area (TPSA) is 76.8 Å². The summed E-state index contributed by atoms with van der Waals surface area (Å²) in [5.41, 5.74) is 1.99. The molecular weight excluding hydrogens is 428 g/mol. The lowest BCUT2D eigenvalue weighted by molar-refractivity contribution is -0.129. The molecule has 0 atom stereocenters. The van der Waals surface area contributed by atoms with Crippen LogP contribution in [0.25, 0.3) is 21.6 Å². The van der Waals surface area contributed by atoms with Crippen LogP contribution in [-0.2, 0) is 11.8 Å². The van der Waals surface area contributed by atoms with Crippen molar-refractivity contribution in [2.24, 2.45) is 7.05 Å². The number of carbonyl (C=O) groups excluding carboxylic acids is 1. The van der Waals surface area contributed by atoms with Crippen molar-refractivity contribution in [2.75, 3.05) is 18.8 Å². The second-order valence-corrected chi connectivity index (χ2v) is 9.58. The van der Waals surface area contributed by atoms with Crippen molar-refractivity contribution in [3.05, 3.63) is 53.8 Å². The molecule has 1 aromatic carbocycles. The molecule has 0 bridgehead atoms. The summed E-state index contributed by atoms with van der Waals surface area (Å²) in [5.74, 6) is 1.71. The standard InChI is InChI=1S/C22H22N6OS2/c1-27-20(16-5-4-10-23-13-16)25-26-22(27)30-14-19(29)28-11-8-15(9-12-28)21-24-17-6-2-3-7-18(17)31-21/h2-7,10,13,15H,8-9,11-12,14H2,1H3. The Hall–Kier alpha value is -2.78. The molecule has 0 unspecified atom stereocenters. The average molecular weight is 451 g/mol. The molecule has 7 nitrogen and oxygen atoms in total. The van der Waals surface area contributed by atoms with Gasteiger partial charge < -0.3 is 9.47 Å². The molecule has 1 amide bonds. The molecule has 9 heteroatoms. The molecule has 3 aromatic heterocycles. The summed E-state index contributed by atoms with van der Waals surface area (Å²) in [6.07, 6.45) is 5.42. The Morgan fingerprint density at radius 3 is 2.77 bits per heavy atom. The molecule has 0 aliphatic carbocycles. The van der Waals surface area contributed by atoms with Crippen LogP contribution in [0.3, 0.4) is 0 Å². The van der Waals surface area contributed by atoms with Crippen LogP contribution in [0.4, 0.5) is 0 Å². The Bertz CT molecular complexity index is 1160. The SMILES string of the molecule is Cn1c(SCC(=O)N2CCC(c3nc4ccccc4s3)CC2)nnc1-c1cccnc1. The fourth-order valence-corrected chi connectivity index (χ4v) is 5.80. The number of piperidine rings is 1. The van der Waals surface area contributed by atoms with Crippen molar-refractivity contribution in [3.8, 4) is 11.4 Å². The van der Waals surface area contributed by atoms with Gasteiger partial charge in [-0.1, -0.05) is 23.9 Å². The quantitative estimate of drug-likeness (QED) is 0.428. The number of pyridine rings is 1. The molecule has 4 heterocycles. The van der Waals surface area contributed by atoms with E-state index < -0.39 is 0 Å². The van der Waals surface area contributed by atoms with E-state index in [1.54, 1.807) is 23.7 Å². The van der Waals surface area contributed by atoms with E-state index in [1.807, 2.05) is 34.7 Å². The van der Waals surface area contributed by atoms with Crippen LogP contribution in [0.2, 0.25) is 0 Å². The molecule has 0 radical (unpaired) electrons. The summed E-state index contributed by atoms with van der Waals surface area (Å²) in [7, 11) is 1.92. The van der Waals surface area contributed by atoms with Gasteiger partial charge in [-0.05, 0) is 37.1 Å². The van der Waals surface area contributed by atoms with Crippen LogP contribution >= 0.6 is 23.1 Å². The van der Waals surface area contributed by atoms with Crippen LogP contribution in [0, 0.1) is 0 Å². The Labute approximate surface area is 188 Å². The number of para-hydroxylation sites is 1. The Morgan fingerprint density at radius 2 is 2.00 bits per heavy atom. The number of aromatic nitrogens is 5. The van der Waals surface area contributed by atoms with Crippen molar-refractivity contribution in [3.63, 3.8) is 0 Å². The van der Waals surface area contributed by atoms with E-state index in [1.165, 1.54) is 21.5 Å². The number of likely N-dealkylation sites (tertiary alicyclic amines) is 1. The molecule has 5 rings (SSSR count). The molecule has 1 fully saturated rings. The number of hydrogen-bond acceptors (Lipinski definition) is 7. The van der Waals surface area contributed by atoms with E-state index in [-0.39, 0.29) is 5.91 Å². The van der Waals surface area contributed by atoms with Gasteiger partial charge in [0, 0.05) is 44.0 Å². The third-order valence-corrected chi connectivity index (χ3v) is 7.79. The van der Waals surface area contributed by atoms with Crippen molar-refractivity contribution in [1.82, 2.24) is 29.6 Å². The maximum Gasteiger partial charge on any atom is 0.233 e. The van der Waals surface area contributed by atoms with Gasteiger partial charge in [0.15, 0.2) is 11.0 Å². The summed E-state index contributed by atoms with van der Waals surface area (Å²) in [5, 5.41) is 10.4. The van der Waals surface area contributed by atoms with E-state index in [4.69, 9.17) is 4.98 Å². The molecule has 0 saturated carbocycles. The first-order valence-electron chi connectivity index (χ1n) is 10.2. The molecule has 1 aliphatic heterocycles. The van der Waals surface area contributed by atoms with Crippen molar-refractivity contribution in [2.45, 2.75) is 23.9 Å². The van der Waals surface area contributed by atoms with E-state index in [9.17, 15) is 4.79 Å². The van der Waals surface area contributed by atoms with Gasteiger partial charge in [0.05, 0.1) is 21.0 Å². The van der Waals surface area contributed by atoms with Gasteiger partial charge in [0.25, 0.3) is 0 Å². The Kier molecular flexibility index (Phi) is 5.69. The summed E-state index contributed by atoms with van der Waals surface area (Å²) in [4.78, 5) is 23.7. The van der Waals surface area contributed by atoms with Crippen molar-refractivity contribution < 1.29 is 4.79 Å². The molecule has 0 spiro atoms. The number of nitrogens with zero attached hydrogens (tertiary/aromatic N) is 6. The third kappa shape index (κ3) is 4.20. The lowest BCUT2D eigenvalue weighted by Crippen LogP contribution is -2.39. The number of hydrogen-bond donors (Lipinski definition) is 0. The zero-order chi connectivity index (χ0) is 21.2. The number of thioether (sulfide) groups is 1. The van der Waals surface area contributed by atoms with Gasteiger partial charge in [-0.3, -0.25) is 9.78 Å². The van der Waals surface area contributed by atoms with Gasteiger partial charge in [0.1, 0.15) is 0 Å². The van der Waals surface area contributed by atoms with Crippen LogP contribution < -0.4 is 0 Å². The van der Waals surface area contributed by atoms with E-state index in [2.05, 4.69) is 33.4 Å². The second-order valence-electron chi connectivity index (χ2n) is 7.57. The number of amides is 1. The minimum Gasteiger partial charge on any atom is -0.342 e. The van der Waals surface area contributed by atoms with E-state index in [0.717, 1.165) is 48.0 Å². The number of thiazole rings is 1. The Morgan fingerprint density at radius 1 is 1.16 bits per heavy atom. The fourth-order valence-electron chi connectivity index (χ4n) is 3.85. The maximum atomic E-state index is 12.8. The number of rotatable bonds is 5. The first-order chi connectivity index (χ1) is 15.2. The molecule has 0 N–H and O–H groups in total. The van der Waals surface area contributed by atoms with Gasteiger partial charge in [-0.25, -0.2) is 4.98 Å². The number of carbonyl (C=O) groups is 1. The largest absolute Gasteiger partial charge is 0.342 e. The first kappa shape index (κ1) is 20.1. The lowest BCUT2D eigenvalue weighted by atomic mass is 9.97. The van der Waals surface area contributed by atoms with Gasteiger partial charge >= 0.3 is 0 Å². The van der Waals surface area contributed by atoms with Crippen LogP contribution in [0.15, 0.2) is 53.9 Å². The zero-order valence-corrected chi connectivity index (χ0v) is 18.8. The minimum atomic E-state index is 0.152. The van der Waals surface area contributed by atoms with Crippen molar-refractivity contribution >= 4 is 39.2 Å². The second kappa shape index (κ2) is 8.76. The smallest absolute Gasteiger partial charge is 0.233 e. The Balaban J connectivity index is 1.17. The highest BCUT2D eigenvalue weighted by molar-refractivity contribution is 7.99. The molecule has 158 valence electrons. The number of benzene rings is 1. The number of fused-ring (bicyclic) bond motifs is 1. The van der Waals surface area contributed by atoms with Crippen LogP contribution in [0.5, 0.6) is 0 Å². The van der Waals surface area contributed by atoms with Crippen LogP contribution in [0.1, 0.15) is 23.8 Å². The van der Waals surface area contributed by atoms with E-state index in [0.29, 0.717) is 11.7 Å².